The van der Waals surface area contributed by atoms with E-state index in [4.69, 9.17) is 19.4 Å². The molecule has 0 amide bonds. The van der Waals surface area contributed by atoms with Gasteiger partial charge in [-0.25, -0.2) is 55.1 Å². The second kappa shape index (κ2) is 37.6. The topological polar surface area (TPSA) is 365 Å². The van der Waals surface area contributed by atoms with Gasteiger partial charge in [-0.15, -0.1) is 0 Å². The number of alkyl halides is 8. The highest BCUT2D eigenvalue weighted by molar-refractivity contribution is 7.08. The van der Waals surface area contributed by atoms with E-state index >= 15 is 0 Å². The fourth-order valence-electron chi connectivity index (χ4n) is 19.9. The molecule has 0 bridgehead atoms. The Balaban J connectivity index is 0.000000104. The van der Waals surface area contributed by atoms with Gasteiger partial charge >= 0.3 is 0 Å². The molecule has 18 aromatic heterocycles. The van der Waals surface area contributed by atoms with E-state index in [1.54, 1.807) is 130 Å². The lowest BCUT2D eigenvalue weighted by molar-refractivity contribution is 0.0108. The van der Waals surface area contributed by atoms with Crippen molar-refractivity contribution in [3.8, 4) is 113 Å². The molecule has 5 aliphatic heterocycles. The Morgan fingerprint density at radius 3 is 1.05 bits per heavy atom. The number of H-pyrrole nitrogens is 8. The number of nitrogens with zero attached hydrogens (tertiary/aromatic N) is 22. The smallest absolute Gasteiger partial charge is 0.261 e. The molecular weight excluding hydrogens is 1880 g/mol. The lowest BCUT2D eigenvalue weighted by Gasteiger charge is -2.33. The minimum Gasteiger partial charge on any atom is -0.472 e. The van der Waals surface area contributed by atoms with Gasteiger partial charge < -0.3 is 34.2 Å². The van der Waals surface area contributed by atoms with Gasteiger partial charge in [-0.3, -0.25) is 79.9 Å². The first-order valence-corrected chi connectivity index (χ1v) is 48.4. The van der Waals surface area contributed by atoms with E-state index in [9.17, 15) is 35.1 Å². The average molecular weight is 1970 g/mol. The first-order chi connectivity index (χ1) is 70.5. The van der Waals surface area contributed by atoms with Gasteiger partial charge in [0.05, 0.1) is 125 Å². The Hall–Kier alpha value is -16.1. The molecule has 0 aliphatic carbocycles. The van der Waals surface area contributed by atoms with Crippen molar-refractivity contribution in [1.29, 1.82) is 0 Å². The summed E-state index contributed by atoms with van der Waals surface area (Å²) in [6.07, 6.45) is 31.3. The number of thiophene rings is 1. The molecule has 0 saturated carbocycles. The normalized spacial score (nSPS) is 16.6. The molecule has 4 aromatic carbocycles. The summed E-state index contributed by atoms with van der Waals surface area (Å²) in [6.45, 7) is 6.43. The number of aromatic nitrogens is 24. The first kappa shape index (κ1) is 91.3. The highest BCUT2D eigenvalue weighted by atomic mass is 32.1. The van der Waals surface area contributed by atoms with Crippen LogP contribution in [0.5, 0.6) is 0 Å². The van der Waals surface area contributed by atoms with Crippen molar-refractivity contribution in [3.05, 3.63) is 260 Å². The Bertz CT molecular complexity index is 8240. The molecule has 31 nitrogen and oxygen atoms in total. The maximum absolute atomic E-state index is 13.7. The van der Waals surface area contributed by atoms with E-state index in [-0.39, 0.29) is 51.9 Å². The van der Waals surface area contributed by atoms with E-state index in [0.29, 0.717) is 87.0 Å². The lowest BCUT2D eigenvalue weighted by Crippen LogP contribution is -2.44. The van der Waals surface area contributed by atoms with Crippen LogP contribution in [-0.4, -0.2) is 254 Å². The monoisotopic (exact) mass is 1970 g/mol. The van der Waals surface area contributed by atoms with Crippen LogP contribution in [0.25, 0.3) is 201 Å². The van der Waals surface area contributed by atoms with Crippen molar-refractivity contribution in [2.75, 3.05) is 90.5 Å². The number of hydrogen-bond donors (Lipinski definition) is 8. The van der Waals surface area contributed by atoms with E-state index in [2.05, 4.69) is 146 Å². The molecule has 0 spiro atoms. The molecule has 40 heteroatoms. The van der Waals surface area contributed by atoms with E-state index in [0.717, 1.165) is 220 Å². The van der Waals surface area contributed by atoms with Crippen LogP contribution < -0.4 is 4.90 Å². The summed E-state index contributed by atoms with van der Waals surface area (Å²) < 4.78 is 114. The van der Waals surface area contributed by atoms with E-state index in [1.807, 2.05) is 115 Å². The third-order valence-corrected chi connectivity index (χ3v) is 27.9. The summed E-state index contributed by atoms with van der Waals surface area (Å²) in [5.74, 6) is -7.80. The predicted molar refractivity (Wildman–Crippen MR) is 539 cm³/mol. The highest BCUT2D eigenvalue weighted by Crippen LogP contribution is 2.42. The average Bonchev–Trinajstić information content (AvgIpc) is 1.62. The van der Waals surface area contributed by atoms with Crippen molar-refractivity contribution < 1.29 is 39.5 Å². The number of piperazine rings is 1. The number of fused-ring (bicyclic) bond motifs is 8. The number of rotatable bonds is 19. The lowest BCUT2D eigenvalue weighted by atomic mass is 10.0. The number of benzene rings is 4. The van der Waals surface area contributed by atoms with Crippen LogP contribution in [-0.2, 0) is 26.2 Å². The summed E-state index contributed by atoms with van der Waals surface area (Å²) in [5.41, 5.74) is 29.2. The molecule has 0 atom stereocenters. The van der Waals surface area contributed by atoms with Crippen molar-refractivity contribution in [2.24, 2.45) is 0 Å². The van der Waals surface area contributed by atoms with Crippen molar-refractivity contribution >= 4 is 105 Å². The van der Waals surface area contributed by atoms with Gasteiger partial charge in [0.1, 0.15) is 39.3 Å². The zero-order valence-corrected chi connectivity index (χ0v) is 78.7. The summed E-state index contributed by atoms with van der Waals surface area (Å²) in [6, 6.07) is 38.0. The Morgan fingerprint density at radius 1 is 0.324 bits per heavy atom. The molecule has 728 valence electrons. The van der Waals surface area contributed by atoms with Crippen LogP contribution in [0.1, 0.15) is 47.9 Å². The number of imidazole rings is 4. The quantitative estimate of drug-likeness (QED) is 0.0349. The van der Waals surface area contributed by atoms with Gasteiger partial charge in [-0.2, -0.15) is 31.7 Å². The molecule has 5 saturated heterocycles. The summed E-state index contributed by atoms with van der Waals surface area (Å²) >= 11 is 1.63. The van der Waals surface area contributed by atoms with Gasteiger partial charge in [0, 0.05) is 233 Å². The molecule has 0 unspecified atom stereocenters. The zero-order valence-electron chi connectivity index (χ0n) is 77.8. The number of aromatic amines is 8. The van der Waals surface area contributed by atoms with Gasteiger partial charge in [0.25, 0.3) is 23.7 Å². The van der Waals surface area contributed by atoms with Crippen molar-refractivity contribution in [1.82, 2.24) is 145 Å². The third kappa shape index (κ3) is 19.2. The number of nitrogens with one attached hydrogen (secondary N) is 8. The fourth-order valence-corrected chi connectivity index (χ4v) is 20.5. The van der Waals surface area contributed by atoms with Crippen LogP contribution in [0.3, 0.4) is 0 Å². The van der Waals surface area contributed by atoms with Gasteiger partial charge in [0.2, 0.25) is 0 Å². The van der Waals surface area contributed by atoms with Crippen LogP contribution in [0.15, 0.2) is 242 Å². The molecule has 8 N–H and O–H groups in total. The highest BCUT2D eigenvalue weighted by Gasteiger charge is 2.42. The molecule has 145 heavy (non-hydrogen) atoms. The predicted octanol–water partition coefficient (Wildman–Crippen LogP) is 20.4. The second-order valence-electron chi connectivity index (χ2n) is 37.7. The van der Waals surface area contributed by atoms with Crippen molar-refractivity contribution in [2.45, 2.75) is 75.6 Å². The SMILES string of the molecule is CN1CCN(c2cncc3[nH]c(-c4n[nH]c5ccc(-c6cncc(CN7CCC(F)(F)C7)c6)cc45)nc23)CC1.FC1(F)CCN(Cc2cncc(-c3ccc4[nH]nc(-c5nc6c(-c7ccoc7)cncc6[nH]5)c4c3)c2)C1.FC1(F)CCN(Cc2cncc(-c3ccc4[nH]nc(-c5nc6c(-c7ccsc7)cncc6[nH]5)c4c3)c2)C1.FC1(F)CCN(Cc2cncc(-c3ccc4[nH]nc(-c5nc6ccncc6[nH]5)c4c3)c2)C1. The number of pyridine rings is 8. The number of likely N-dealkylation sites (tertiary alicyclic amines) is 4. The van der Waals surface area contributed by atoms with Crippen LogP contribution >= 0.6 is 11.3 Å². The van der Waals surface area contributed by atoms with Crippen molar-refractivity contribution in [3.63, 3.8) is 0 Å². The van der Waals surface area contributed by atoms with Gasteiger partial charge in [0.15, 0.2) is 23.3 Å². The fraction of sp³-hybridized carbons (Fsp3) is 0.238. The largest absolute Gasteiger partial charge is 0.472 e. The standard InChI is InChI=1S/C28H29F2N9.C27H21F2N7O.C27H21F2N7S.C23H19F2N7/c1-37-6-8-39(9-7-37)24-15-32-14-23-26(24)34-27(33-23)25-21-11-19(2-3-22(21)35-36-25)20-10-18(12-31-13-20)16-38-5-4-28(29,30)17-38;2*28-27(29)4-5-36(15-27)13-16-7-19(10-30-9-16)17-1-2-22-20(8-17)25(35-34-22)26-32-23-12-31-11-21(24(23)33-26)18-3-6-37-14-18;24-23(25)4-6-32(13-23)12-14-7-16(10-27-9-14)15-1-2-18-17(8-15)21(31-30-18)22-28-19-3-5-26-11-20(19)29-22/h2-3,10-15H,4-9,16-17H2,1H3,(H,33,34)(H,35,36);2*1-3,6-12,14H,4-5,13,15H2,(H,32,33)(H,34,35);1-3,5,7-11H,4,6,12-13H2,(H,28,29)(H,30,31). The minimum absolute atomic E-state index is 0.0854. The maximum Gasteiger partial charge on any atom is 0.261 e. The molecule has 23 heterocycles. The molecule has 0 radical (unpaired) electrons. The summed E-state index contributed by atoms with van der Waals surface area (Å²) in [4.78, 5) is 79.4. The van der Waals surface area contributed by atoms with Gasteiger partial charge in [-0.05, 0) is 159 Å². The number of furan rings is 1. The second-order valence-corrected chi connectivity index (χ2v) is 38.5. The Kier molecular flexibility index (Phi) is 23.7. The van der Waals surface area contributed by atoms with Crippen LogP contribution in [0, 0.1) is 0 Å². The zero-order chi connectivity index (χ0) is 98.2. The number of likely N-dealkylation sites (N-methyl/N-ethyl adjacent to an activating group) is 1. The Labute approximate surface area is 823 Å². The molecular formula is C105H90F8N30OS. The van der Waals surface area contributed by atoms with Gasteiger partial charge in [-0.1, -0.05) is 24.3 Å². The number of halogens is 8. The first-order valence-electron chi connectivity index (χ1n) is 47.4. The van der Waals surface area contributed by atoms with Crippen LogP contribution in [0.2, 0.25) is 0 Å². The maximum atomic E-state index is 13.7. The number of hydrogen-bond acceptors (Lipinski definition) is 24. The third-order valence-electron chi connectivity index (χ3n) is 27.2. The molecule has 27 rings (SSSR count). The summed E-state index contributed by atoms with van der Waals surface area (Å²) in [5, 5.41) is 38.3. The summed E-state index contributed by atoms with van der Waals surface area (Å²) in [7, 11) is 2.14. The van der Waals surface area contributed by atoms with Crippen LogP contribution in [0.4, 0.5) is 40.8 Å². The molecule has 5 fully saturated rings. The molecule has 22 aromatic rings. The Morgan fingerprint density at radius 2 is 0.683 bits per heavy atom. The van der Waals surface area contributed by atoms with E-state index < -0.39 is 23.7 Å². The van der Waals surface area contributed by atoms with E-state index in [1.165, 1.54) is 0 Å². The number of anilines is 1. The molecule has 5 aliphatic rings. The minimum atomic E-state index is -2.61.